The first-order chi connectivity index (χ1) is 12.3. The minimum absolute atomic E-state index is 0.0328. The number of aromatic nitrogens is 2. The molecular weight excluding hydrogens is 322 g/mol. The average molecular weight is 343 g/mol. The Morgan fingerprint density at radius 1 is 1.20 bits per heavy atom. The topological polar surface area (TPSA) is 73.8 Å². The number of benzene rings is 1. The molecule has 25 heavy (non-hydrogen) atoms. The van der Waals surface area contributed by atoms with Crippen LogP contribution in [-0.4, -0.2) is 53.7 Å². The van der Waals surface area contributed by atoms with Crippen molar-refractivity contribution in [3.63, 3.8) is 0 Å². The lowest BCUT2D eigenvalue weighted by atomic mass is 10.1. The molecule has 0 spiro atoms. The number of hydrogen-bond donors (Lipinski definition) is 0. The van der Waals surface area contributed by atoms with Gasteiger partial charge in [0.05, 0.1) is 13.7 Å². The molecule has 0 unspecified atom stereocenters. The van der Waals surface area contributed by atoms with Crippen molar-refractivity contribution in [3.05, 3.63) is 42.7 Å². The van der Waals surface area contributed by atoms with Gasteiger partial charge in [0.1, 0.15) is 6.10 Å². The number of likely N-dealkylation sites (tertiary alicyclic amines) is 1. The van der Waals surface area contributed by atoms with E-state index in [-0.39, 0.29) is 18.6 Å². The zero-order valence-electron chi connectivity index (χ0n) is 14.1. The number of hydrogen-bond acceptors (Lipinski definition) is 6. The molecule has 0 N–H and O–H groups in total. The van der Waals surface area contributed by atoms with Crippen molar-refractivity contribution in [1.29, 1.82) is 0 Å². The summed E-state index contributed by atoms with van der Waals surface area (Å²) in [6, 6.07) is 9.34. The molecule has 1 saturated heterocycles. The van der Waals surface area contributed by atoms with Crippen molar-refractivity contribution in [3.8, 4) is 17.5 Å². The Morgan fingerprint density at radius 3 is 2.72 bits per heavy atom. The molecule has 2 heterocycles. The molecule has 3 rings (SSSR count). The molecule has 2 aromatic rings. The number of para-hydroxylation sites is 2. The molecule has 0 saturated carbocycles. The molecule has 132 valence electrons. The van der Waals surface area contributed by atoms with Crippen LogP contribution in [-0.2, 0) is 4.79 Å². The van der Waals surface area contributed by atoms with Crippen LogP contribution in [0.4, 0.5) is 0 Å². The van der Waals surface area contributed by atoms with Crippen molar-refractivity contribution in [2.45, 2.75) is 18.9 Å². The van der Waals surface area contributed by atoms with E-state index in [0.717, 1.165) is 12.8 Å². The number of carbonyl (C=O) groups excluding carboxylic acids is 1. The van der Waals surface area contributed by atoms with E-state index >= 15 is 0 Å². The molecule has 1 aromatic carbocycles. The van der Waals surface area contributed by atoms with Gasteiger partial charge in [0, 0.05) is 18.9 Å². The maximum absolute atomic E-state index is 12.4. The lowest BCUT2D eigenvalue weighted by Gasteiger charge is -2.32. The van der Waals surface area contributed by atoms with Crippen molar-refractivity contribution in [2.75, 3.05) is 26.8 Å². The summed E-state index contributed by atoms with van der Waals surface area (Å²) in [4.78, 5) is 22.3. The second-order valence-corrected chi connectivity index (χ2v) is 5.69. The van der Waals surface area contributed by atoms with Crippen molar-refractivity contribution in [2.24, 2.45) is 0 Å². The van der Waals surface area contributed by atoms with Crippen LogP contribution in [0.2, 0.25) is 0 Å². The molecule has 0 radical (unpaired) electrons. The highest BCUT2D eigenvalue weighted by Gasteiger charge is 2.25. The number of carbonyl (C=O) groups is 1. The highest BCUT2D eigenvalue weighted by Crippen LogP contribution is 2.25. The molecule has 1 fully saturated rings. The molecule has 1 atom stereocenters. The highest BCUT2D eigenvalue weighted by molar-refractivity contribution is 5.78. The smallest absolute Gasteiger partial charge is 0.316 e. The molecule has 1 amide bonds. The van der Waals surface area contributed by atoms with Crippen LogP contribution in [0.15, 0.2) is 42.7 Å². The summed E-state index contributed by atoms with van der Waals surface area (Å²) in [6.07, 6.45) is 4.91. The maximum Gasteiger partial charge on any atom is 0.316 e. The number of nitrogens with zero attached hydrogens (tertiary/aromatic N) is 3. The summed E-state index contributed by atoms with van der Waals surface area (Å²) < 4.78 is 16.6. The zero-order chi connectivity index (χ0) is 17.5. The Bertz CT molecular complexity index is 696. The largest absolute Gasteiger partial charge is 0.493 e. The summed E-state index contributed by atoms with van der Waals surface area (Å²) in [7, 11) is 1.57. The first kappa shape index (κ1) is 17.0. The van der Waals surface area contributed by atoms with Crippen LogP contribution in [0.1, 0.15) is 12.8 Å². The van der Waals surface area contributed by atoms with Gasteiger partial charge in [-0.2, -0.15) is 0 Å². The van der Waals surface area contributed by atoms with Crippen molar-refractivity contribution in [1.82, 2.24) is 14.9 Å². The Hall–Kier alpha value is -2.83. The quantitative estimate of drug-likeness (QED) is 0.798. The van der Waals surface area contributed by atoms with E-state index in [9.17, 15) is 4.79 Å². The molecule has 1 aliphatic rings. The fraction of sp³-hybridized carbons (Fsp3) is 0.389. The third kappa shape index (κ3) is 4.59. The minimum Gasteiger partial charge on any atom is -0.493 e. The van der Waals surface area contributed by atoms with Crippen LogP contribution in [0.3, 0.4) is 0 Å². The van der Waals surface area contributed by atoms with E-state index in [1.165, 1.54) is 0 Å². The minimum atomic E-state index is -0.105. The number of ether oxygens (including phenoxy) is 3. The predicted molar refractivity (Wildman–Crippen MR) is 90.8 cm³/mol. The van der Waals surface area contributed by atoms with Crippen LogP contribution in [0.25, 0.3) is 0 Å². The second kappa shape index (κ2) is 8.32. The summed E-state index contributed by atoms with van der Waals surface area (Å²) >= 11 is 0. The third-order valence-corrected chi connectivity index (χ3v) is 3.97. The van der Waals surface area contributed by atoms with E-state index in [0.29, 0.717) is 30.6 Å². The highest BCUT2D eigenvalue weighted by atomic mass is 16.5. The normalized spacial score (nSPS) is 17.0. The molecular formula is C18H21N3O4. The van der Waals surface area contributed by atoms with Crippen molar-refractivity contribution >= 4 is 5.91 Å². The summed E-state index contributed by atoms with van der Waals surface area (Å²) in [5.41, 5.74) is 0. The Kier molecular flexibility index (Phi) is 5.66. The van der Waals surface area contributed by atoms with Gasteiger partial charge in [0.2, 0.25) is 0 Å². The Morgan fingerprint density at radius 2 is 1.96 bits per heavy atom. The van der Waals surface area contributed by atoms with E-state index < -0.39 is 0 Å². The fourth-order valence-electron chi connectivity index (χ4n) is 2.73. The zero-order valence-corrected chi connectivity index (χ0v) is 14.1. The van der Waals surface area contributed by atoms with Gasteiger partial charge < -0.3 is 19.1 Å². The molecule has 0 aliphatic carbocycles. The summed E-state index contributed by atoms with van der Waals surface area (Å²) in [5.74, 6) is 1.09. The lowest BCUT2D eigenvalue weighted by molar-refractivity contribution is -0.136. The van der Waals surface area contributed by atoms with Gasteiger partial charge >= 0.3 is 6.01 Å². The SMILES string of the molecule is COc1ccccc1OCC(=O)N1CCC[C@@H](Oc2ncccn2)C1. The van der Waals surface area contributed by atoms with Crippen LogP contribution >= 0.6 is 0 Å². The van der Waals surface area contributed by atoms with Crippen LogP contribution in [0.5, 0.6) is 17.5 Å². The van der Waals surface area contributed by atoms with Gasteiger partial charge in [-0.1, -0.05) is 12.1 Å². The monoisotopic (exact) mass is 343 g/mol. The number of amides is 1. The second-order valence-electron chi connectivity index (χ2n) is 5.69. The van der Waals surface area contributed by atoms with Gasteiger partial charge in [-0.3, -0.25) is 4.79 Å². The molecule has 7 nitrogen and oxygen atoms in total. The van der Waals surface area contributed by atoms with Gasteiger partial charge in [0.15, 0.2) is 18.1 Å². The van der Waals surface area contributed by atoms with Crippen molar-refractivity contribution < 1.29 is 19.0 Å². The van der Waals surface area contributed by atoms with Gasteiger partial charge in [-0.05, 0) is 31.0 Å². The van der Waals surface area contributed by atoms with Crippen LogP contribution < -0.4 is 14.2 Å². The first-order valence-corrected chi connectivity index (χ1v) is 8.23. The number of rotatable bonds is 6. The number of methoxy groups -OCH3 is 1. The predicted octanol–water partition coefficient (Wildman–Crippen LogP) is 1.93. The fourth-order valence-corrected chi connectivity index (χ4v) is 2.73. The molecule has 0 bridgehead atoms. The maximum atomic E-state index is 12.4. The third-order valence-electron chi connectivity index (χ3n) is 3.97. The number of piperidine rings is 1. The summed E-state index contributed by atoms with van der Waals surface area (Å²) in [5, 5.41) is 0. The average Bonchev–Trinajstić information content (AvgIpc) is 2.67. The van der Waals surface area contributed by atoms with Crippen LogP contribution in [0, 0.1) is 0 Å². The van der Waals surface area contributed by atoms with E-state index in [4.69, 9.17) is 14.2 Å². The van der Waals surface area contributed by atoms with E-state index in [1.54, 1.807) is 42.6 Å². The Balaban J connectivity index is 1.53. The summed E-state index contributed by atoms with van der Waals surface area (Å²) in [6.45, 7) is 1.17. The Labute approximate surface area is 146 Å². The van der Waals surface area contributed by atoms with E-state index in [2.05, 4.69) is 9.97 Å². The molecule has 1 aliphatic heterocycles. The molecule has 1 aromatic heterocycles. The van der Waals surface area contributed by atoms with Gasteiger partial charge in [-0.15, -0.1) is 0 Å². The van der Waals surface area contributed by atoms with E-state index in [1.807, 2.05) is 12.1 Å². The first-order valence-electron chi connectivity index (χ1n) is 8.23. The standard InChI is InChI=1S/C18H21N3O4/c1-23-15-7-2-3-8-16(15)24-13-17(22)21-11-4-6-14(12-21)25-18-19-9-5-10-20-18/h2-3,5,7-10,14H,4,6,11-13H2,1H3/t14-/m1/s1. The van der Waals surface area contributed by atoms with Gasteiger partial charge in [-0.25, -0.2) is 9.97 Å². The lowest BCUT2D eigenvalue weighted by Crippen LogP contribution is -2.46. The molecule has 7 heteroatoms. The van der Waals surface area contributed by atoms with Gasteiger partial charge in [0.25, 0.3) is 5.91 Å².